The molecule has 194 valence electrons. The van der Waals surface area contributed by atoms with Crippen LogP contribution in [0.2, 0.25) is 0 Å². The van der Waals surface area contributed by atoms with E-state index in [-0.39, 0.29) is 6.04 Å². The van der Waals surface area contributed by atoms with Gasteiger partial charge in [0.2, 0.25) is 0 Å². The number of hydrogen-bond acceptors (Lipinski definition) is 5. The van der Waals surface area contributed by atoms with Gasteiger partial charge in [0.05, 0.1) is 6.04 Å². The lowest BCUT2D eigenvalue weighted by Crippen LogP contribution is -2.50. The minimum absolute atomic E-state index is 0.0360. The summed E-state index contributed by atoms with van der Waals surface area (Å²) >= 11 is 0. The number of amides is 2. The molecule has 3 aromatic carbocycles. The van der Waals surface area contributed by atoms with Crippen molar-refractivity contribution in [2.45, 2.75) is 19.9 Å². The van der Waals surface area contributed by atoms with E-state index >= 15 is 0 Å². The summed E-state index contributed by atoms with van der Waals surface area (Å²) in [5.41, 5.74) is 6.01. The van der Waals surface area contributed by atoms with Gasteiger partial charge in [0, 0.05) is 63.9 Å². The monoisotopic (exact) mass is 499 g/mol. The number of piperazine rings is 1. The van der Waals surface area contributed by atoms with E-state index in [1.165, 1.54) is 5.69 Å². The van der Waals surface area contributed by atoms with Crippen LogP contribution >= 0.6 is 0 Å². The Hall–Kier alpha value is -3.84. The SMILES string of the molecule is Cc1cccc(C)c1NC(=O)C(=O)NCC(c1ccc(N(C)C)cc1)N1CCN(c2ccccc2)CC1. The van der Waals surface area contributed by atoms with Crippen LogP contribution in [-0.4, -0.2) is 63.5 Å². The van der Waals surface area contributed by atoms with E-state index in [9.17, 15) is 9.59 Å². The molecule has 1 unspecified atom stereocenters. The third kappa shape index (κ3) is 6.49. The average molecular weight is 500 g/mol. The number of nitrogens with one attached hydrogen (secondary N) is 2. The normalized spacial score (nSPS) is 14.6. The Balaban J connectivity index is 1.45. The molecule has 1 atom stereocenters. The molecule has 0 saturated carbocycles. The molecule has 37 heavy (non-hydrogen) atoms. The molecule has 1 fully saturated rings. The highest BCUT2D eigenvalue weighted by atomic mass is 16.2. The predicted molar refractivity (Wildman–Crippen MR) is 151 cm³/mol. The quantitative estimate of drug-likeness (QED) is 0.481. The van der Waals surface area contributed by atoms with Crippen LogP contribution in [0.3, 0.4) is 0 Å². The first-order valence-corrected chi connectivity index (χ1v) is 12.8. The lowest BCUT2D eigenvalue weighted by molar-refractivity contribution is -0.136. The van der Waals surface area contributed by atoms with E-state index in [1.807, 2.05) is 52.2 Å². The second kappa shape index (κ2) is 11.9. The Kier molecular flexibility index (Phi) is 8.46. The second-order valence-corrected chi connectivity index (χ2v) is 9.79. The van der Waals surface area contributed by atoms with Gasteiger partial charge in [-0.2, -0.15) is 0 Å². The Morgan fingerprint density at radius 2 is 1.43 bits per heavy atom. The maximum atomic E-state index is 12.8. The first-order valence-electron chi connectivity index (χ1n) is 12.8. The Bertz CT molecular complexity index is 1180. The molecule has 0 spiro atoms. The molecule has 3 aromatic rings. The summed E-state index contributed by atoms with van der Waals surface area (Å²) in [5, 5.41) is 5.69. The fraction of sp³-hybridized carbons (Fsp3) is 0.333. The second-order valence-electron chi connectivity index (χ2n) is 9.79. The van der Waals surface area contributed by atoms with Crippen molar-refractivity contribution in [2.75, 3.05) is 61.9 Å². The standard InChI is InChI=1S/C30H37N5O2/c1-22-9-8-10-23(2)28(22)32-30(37)29(36)31-21-27(24-13-15-25(16-14-24)33(3)4)35-19-17-34(18-20-35)26-11-6-5-7-12-26/h5-16,27H,17-21H2,1-4H3,(H,31,36)(H,32,37). The molecule has 0 bridgehead atoms. The van der Waals surface area contributed by atoms with Crippen LogP contribution in [-0.2, 0) is 9.59 Å². The molecular weight excluding hydrogens is 462 g/mol. The highest BCUT2D eigenvalue weighted by Crippen LogP contribution is 2.26. The zero-order valence-corrected chi connectivity index (χ0v) is 22.2. The van der Waals surface area contributed by atoms with Crippen molar-refractivity contribution in [3.05, 3.63) is 89.5 Å². The van der Waals surface area contributed by atoms with Crippen molar-refractivity contribution in [1.82, 2.24) is 10.2 Å². The van der Waals surface area contributed by atoms with Crippen LogP contribution in [0.4, 0.5) is 17.1 Å². The van der Waals surface area contributed by atoms with Gasteiger partial charge < -0.3 is 20.4 Å². The van der Waals surface area contributed by atoms with Crippen molar-refractivity contribution in [2.24, 2.45) is 0 Å². The van der Waals surface area contributed by atoms with E-state index in [1.54, 1.807) is 0 Å². The molecule has 1 saturated heterocycles. The molecule has 1 heterocycles. The number of aryl methyl sites for hydroxylation is 2. The van der Waals surface area contributed by atoms with E-state index in [0.29, 0.717) is 12.2 Å². The zero-order chi connectivity index (χ0) is 26.4. The van der Waals surface area contributed by atoms with Crippen molar-refractivity contribution in [3.8, 4) is 0 Å². The van der Waals surface area contributed by atoms with Gasteiger partial charge in [-0.15, -0.1) is 0 Å². The molecule has 2 amide bonds. The third-order valence-electron chi connectivity index (χ3n) is 7.05. The first-order chi connectivity index (χ1) is 17.8. The lowest BCUT2D eigenvalue weighted by atomic mass is 10.0. The van der Waals surface area contributed by atoms with E-state index in [2.05, 4.69) is 73.9 Å². The number of para-hydroxylation sites is 2. The molecule has 1 aliphatic rings. The summed E-state index contributed by atoms with van der Waals surface area (Å²) in [7, 11) is 4.04. The van der Waals surface area contributed by atoms with Gasteiger partial charge >= 0.3 is 11.8 Å². The highest BCUT2D eigenvalue weighted by Gasteiger charge is 2.27. The molecule has 7 heteroatoms. The van der Waals surface area contributed by atoms with Gasteiger partial charge in [-0.1, -0.05) is 48.5 Å². The van der Waals surface area contributed by atoms with Gasteiger partial charge in [-0.05, 0) is 54.8 Å². The topological polar surface area (TPSA) is 67.9 Å². The fourth-order valence-electron chi connectivity index (χ4n) is 4.83. The lowest BCUT2D eigenvalue weighted by Gasteiger charge is -2.40. The Labute approximate surface area is 220 Å². The summed E-state index contributed by atoms with van der Waals surface area (Å²) in [6, 6.07) is 24.6. The number of carbonyl (C=O) groups excluding carboxylic acids is 2. The fourth-order valence-corrected chi connectivity index (χ4v) is 4.83. The minimum Gasteiger partial charge on any atom is -0.378 e. The maximum absolute atomic E-state index is 12.8. The molecular formula is C30H37N5O2. The molecule has 2 N–H and O–H groups in total. The summed E-state index contributed by atoms with van der Waals surface area (Å²) < 4.78 is 0. The predicted octanol–water partition coefficient (Wildman–Crippen LogP) is 3.99. The zero-order valence-electron chi connectivity index (χ0n) is 22.2. The molecule has 0 radical (unpaired) electrons. The summed E-state index contributed by atoms with van der Waals surface area (Å²) in [4.78, 5) is 32.4. The van der Waals surface area contributed by atoms with Gasteiger partial charge in [0.15, 0.2) is 0 Å². The summed E-state index contributed by atoms with van der Waals surface area (Å²) in [5.74, 6) is -1.27. The van der Waals surface area contributed by atoms with Crippen molar-refractivity contribution in [1.29, 1.82) is 0 Å². The smallest absolute Gasteiger partial charge is 0.313 e. The van der Waals surface area contributed by atoms with Crippen LogP contribution in [0, 0.1) is 13.8 Å². The number of anilines is 3. The van der Waals surface area contributed by atoms with Crippen LogP contribution in [0.5, 0.6) is 0 Å². The first kappa shape index (κ1) is 26.2. The van der Waals surface area contributed by atoms with Crippen LogP contribution in [0.15, 0.2) is 72.8 Å². The average Bonchev–Trinajstić information content (AvgIpc) is 2.92. The number of nitrogens with zero attached hydrogens (tertiary/aromatic N) is 3. The highest BCUT2D eigenvalue weighted by molar-refractivity contribution is 6.39. The van der Waals surface area contributed by atoms with E-state index in [0.717, 1.165) is 48.6 Å². The summed E-state index contributed by atoms with van der Waals surface area (Å²) in [6.07, 6.45) is 0. The number of hydrogen-bond donors (Lipinski definition) is 2. The minimum atomic E-state index is -0.645. The summed E-state index contributed by atoms with van der Waals surface area (Å²) in [6.45, 7) is 7.71. The van der Waals surface area contributed by atoms with Gasteiger partial charge in [-0.3, -0.25) is 14.5 Å². The third-order valence-corrected chi connectivity index (χ3v) is 7.05. The van der Waals surface area contributed by atoms with Crippen LogP contribution in [0.25, 0.3) is 0 Å². The Morgan fingerprint density at radius 3 is 2.03 bits per heavy atom. The van der Waals surface area contributed by atoms with E-state index < -0.39 is 11.8 Å². The van der Waals surface area contributed by atoms with Crippen molar-refractivity contribution in [3.63, 3.8) is 0 Å². The number of benzene rings is 3. The van der Waals surface area contributed by atoms with Crippen molar-refractivity contribution < 1.29 is 9.59 Å². The number of rotatable bonds is 7. The largest absolute Gasteiger partial charge is 0.378 e. The molecule has 4 rings (SSSR count). The maximum Gasteiger partial charge on any atom is 0.313 e. The van der Waals surface area contributed by atoms with Crippen LogP contribution in [0.1, 0.15) is 22.7 Å². The Morgan fingerprint density at radius 1 is 0.811 bits per heavy atom. The van der Waals surface area contributed by atoms with Crippen molar-refractivity contribution >= 4 is 28.9 Å². The molecule has 0 aliphatic carbocycles. The van der Waals surface area contributed by atoms with Crippen LogP contribution < -0.4 is 20.4 Å². The molecule has 0 aromatic heterocycles. The van der Waals surface area contributed by atoms with E-state index in [4.69, 9.17) is 0 Å². The number of carbonyl (C=O) groups is 2. The van der Waals surface area contributed by atoms with Gasteiger partial charge in [-0.25, -0.2) is 0 Å². The molecule has 1 aliphatic heterocycles. The van der Waals surface area contributed by atoms with Gasteiger partial charge in [0.1, 0.15) is 0 Å². The van der Waals surface area contributed by atoms with Gasteiger partial charge in [0.25, 0.3) is 0 Å². The molecule has 7 nitrogen and oxygen atoms in total.